The molecule has 6 heteroatoms. The summed E-state index contributed by atoms with van der Waals surface area (Å²) >= 11 is 1.23. The van der Waals surface area contributed by atoms with Crippen LogP contribution in [0.3, 0.4) is 0 Å². The van der Waals surface area contributed by atoms with Gasteiger partial charge >= 0.3 is 5.97 Å². The van der Waals surface area contributed by atoms with Crippen LogP contribution in [0, 0.1) is 0 Å². The summed E-state index contributed by atoms with van der Waals surface area (Å²) in [6.45, 7) is 0. The number of hydrogen-bond acceptors (Lipinski definition) is 3. The smallest absolute Gasteiger partial charge is 0.345 e. The minimum Gasteiger partial charge on any atom is -0.477 e. The Balaban J connectivity index is 0.00000112. The maximum atomic E-state index is 10.6. The molecule has 0 spiro atoms. The van der Waals surface area contributed by atoms with Gasteiger partial charge in [-0.05, 0) is 24.3 Å². The minimum atomic E-state index is -0.891. The Bertz CT molecular complexity index is 459. The van der Waals surface area contributed by atoms with Crippen LogP contribution in [0.4, 0.5) is 0 Å². The molecule has 0 bridgehead atoms. The zero-order valence-corrected chi connectivity index (χ0v) is 10.4. The van der Waals surface area contributed by atoms with Gasteiger partial charge in [-0.1, -0.05) is 6.07 Å². The fraction of sp³-hybridized carbons (Fsp3) is 0. The Morgan fingerprint density at radius 2 is 1.94 bits per heavy atom. The molecule has 0 amide bonds. The number of carbonyl (C=O) groups is 1. The molecule has 2 aromatic rings. The zero-order chi connectivity index (χ0) is 9.97. The topological polar surface area (TPSA) is 50.2 Å². The van der Waals surface area contributed by atoms with Gasteiger partial charge in [-0.2, -0.15) is 0 Å². The predicted molar refractivity (Wildman–Crippen MR) is 69.0 cm³/mol. The van der Waals surface area contributed by atoms with E-state index in [0.717, 1.165) is 10.6 Å². The van der Waals surface area contributed by atoms with Crippen molar-refractivity contribution < 1.29 is 9.90 Å². The number of aromatic carboxylic acids is 1. The van der Waals surface area contributed by atoms with Crippen molar-refractivity contribution in [1.29, 1.82) is 0 Å². The van der Waals surface area contributed by atoms with Crippen molar-refractivity contribution in [2.45, 2.75) is 0 Å². The molecule has 0 fully saturated rings. The van der Waals surface area contributed by atoms with Crippen LogP contribution in [-0.4, -0.2) is 16.1 Å². The van der Waals surface area contributed by atoms with Gasteiger partial charge in [-0.25, -0.2) is 4.79 Å². The Morgan fingerprint density at radius 1 is 1.19 bits per heavy atom. The second-order valence-electron chi connectivity index (χ2n) is 2.68. The van der Waals surface area contributed by atoms with Gasteiger partial charge in [-0.15, -0.1) is 36.2 Å². The Kier molecular flexibility index (Phi) is 6.03. The second-order valence-corrected chi connectivity index (χ2v) is 3.77. The predicted octanol–water partition coefficient (Wildman–Crippen LogP) is 3.35. The number of carboxylic acid groups (broad SMARTS) is 1. The lowest BCUT2D eigenvalue weighted by Gasteiger charge is -1.92. The lowest BCUT2D eigenvalue weighted by atomic mass is 10.3. The molecule has 16 heavy (non-hydrogen) atoms. The number of rotatable bonds is 2. The molecule has 0 saturated carbocycles. The molecule has 86 valence electrons. The highest BCUT2D eigenvalue weighted by molar-refractivity contribution is 7.17. The number of thiophene rings is 1. The molecule has 0 radical (unpaired) electrons. The third-order valence-electron chi connectivity index (χ3n) is 1.73. The van der Waals surface area contributed by atoms with Gasteiger partial charge < -0.3 is 5.11 Å². The van der Waals surface area contributed by atoms with Crippen molar-refractivity contribution in [3.8, 4) is 10.6 Å². The van der Waals surface area contributed by atoms with Crippen molar-refractivity contribution in [2.24, 2.45) is 0 Å². The number of pyridine rings is 1. The van der Waals surface area contributed by atoms with Crippen LogP contribution >= 0.6 is 36.2 Å². The lowest BCUT2D eigenvalue weighted by Crippen LogP contribution is -1.89. The van der Waals surface area contributed by atoms with Crippen LogP contribution in [0.2, 0.25) is 0 Å². The molecule has 0 aliphatic rings. The molecular weight excluding hydrogens is 269 g/mol. The van der Waals surface area contributed by atoms with Crippen molar-refractivity contribution >= 4 is 42.1 Å². The average molecular weight is 278 g/mol. The van der Waals surface area contributed by atoms with E-state index in [9.17, 15) is 4.79 Å². The SMILES string of the molecule is Cl.Cl.O=C(O)c1ccc(-c2ccccn2)s1. The fourth-order valence-electron chi connectivity index (χ4n) is 1.10. The quantitative estimate of drug-likeness (QED) is 0.916. The molecular formula is C10H9Cl2NO2S. The van der Waals surface area contributed by atoms with E-state index in [-0.39, 0.29) is 24.8 Å². The van der Waals surface area contributed by atoms with Crippen molar-refractivity contribution in [3.05, 3.63) is 41.4 Å². The van der Waals surface area contributed by atoms with Crippen LogP contribution in [0.1, 0.15) is 9.67 Å². The molecule has 0 saturated heterocycles. The Hall–Kier alpha value is -1.10. The number of nitrogens with zero attached hydrogens (tertiary/aromatic N) is 1. The summed E-state index contributed by atoms with van der Waals surface area (Å²) in [5, 5.41) is 8.74. The lowest BCUT2D eigenvalue weighted by molar-refractivity contribution is 0.0702. The van der Waals surface area contributed by atoms with Gasteiger partial charge in [0.05, 0.1) is 10.6 Å². The molecule has 0 aliphatic heterocycles. The largest absolute Gasteiger partial charge is 0.477 e. The zero-order valence-electron chi connectivity index (χ0n) is 7.99. The van der Waals surface area contributed by atoms with Crippen LogP contribution in [-0.2, 0) is 0 Å². The first-order valence-electron chi connectivity index (χ1n) is 4.02. The van der Waals surface area contributed by atoms with E-state index in [2.05, 4.69) is 4.98 Å². The summed E-state index contributed by atoms with van der Waals surface area (Å²) < 4.78 is 0. The molecule has 0 atom stereocenters. The van der Waals surface area contributed by atoms with Gasteiger partial charge in [0.1, 0.15) is 4.88 Å². The summed E-state index contributed by atoms with van der Waals surface area (Å²) in [6.07, 6.45) is 1.69. The summed E-state index contributed by atoms with van der Waals surface area (Å²) in [5.74, 6) is -0.891. The molecule has 2 aromatic heterocycles. The van der Waals surface area contributed by atoms with Crippen LogP contribution in [0.15, 0.2) is 36.5 Å². The first kappa shape index (κ1) is 14.9. The van der Waals surface area contributed by atoms with Gasteiger partial charge in [0.15, 0.2) is 0 Å². The first-order chi connectivity index (χ1) is 6.77. The molecule has 0 unspecified atom stereocenters. The van der Waals surface area contributed by atoms with Crippen LogP contribution in [0.5, 0.6) is 0 Å². The van der Waals surface area contributed by atoms with Crippen molar-refractivity contribution in [2.75, 3.05) is 0 Å². The standard InChI is InChI=1S/C10H7NO2S.2ClH/c12-10(13)9-5-4-8(14-9)7-3-1-2-6-11-7;;/h1-6H,(H,12,13);2*1H. The molecule has 2 rings (SSSR count). The van der Waals surface area contributed by atoms with Gasteiger partial charge in [0.2, 0.25) is 0 Å². The molecule has 0 aliphatic carbocycles. The maximum Gasteiger partial charge on any atom is 0.345 e. The highest BCUT2D eigenvalue weighted by atomic mass is 35.5. The Labute approximate surface area is 109 Å². The van der Waals surface area contributed by atoms with Gasteiger partial charge in [0.25, 0.3) is 0 Å². The highest BCUT2D eigenvalue weighted by Crippen LogP contribution is 2.25. The van der Waals surface area contributed by atoms with E-state index in [1.165, 1.54) is 11.3 Å². The van der Waals surface area contributed by atoms with Gasteiger partial charge in [0, 0.05) is 6.20 Å². The van der Waals surface area contributed by atoms with Crippen LogP contribution in [0.25, 0.3) is 10.6 Å². The highest BCUT2D eigenvalue weighted by Gasteiger charge is 2.08. The monoisotopic (exact) mass is 277 g/mol. The van der Waals surface area contributed by atoms with Gasteiger partial charge in [-0.3, -0.25) is 4.98 Å². The second kappa shape index (κ2) is 6.48. The van der Waals surface area contributed by atoms with Crippen LogP contribution < -0.4 is 0 Å². The normalized spacial score (nSPS) is 8.75. The molecule has 2 heterocycles. The molecule has 0 aromatic carbocycles. The van der Waals surface area contributed by atoms with E-state index < -0.39 is 5.97 Å². The number of halogens is 2. The maximum absolute atomic E-state index is 10.6. The van der Waals surface area contributed by atoms with E-state index in [4.69, 9.17) is 5.11 Å². The first-order valence-corrected chi connectivity index (χ1v) is 4.83. The van der Waals surface area contributed by atoms with E-state index >= 15 is 0 Å². The summed E-state index contributed by atoms with van der Waals surface area (Å²) in [7, 11) is 0. The number of carboxylic acids is 1. The number of hydrogen-bond donors (Lipinski definition) is 1. The average Bonchev–Trinajstić information content (AvgIpc) is 2.68. The molecule has 1 N–H and O–H groups in total. The number of aromatic nitrogens is 1. The van der Waals surface area contributed by atoms with E-state index in [1.54, 1.807) is 18.3 Å². The fourth-order valence-corrected chi connectivity index (χ4v) is 1.92. The summed E-state index contributed by atoms with van der Waals surface area (Å²) in [5.41, 5.74) is 0.810. The van der Waals surface area contributed by atoms with E-state index in [0.29, 0.717) is 4.88 Å². The molecule has 3 nitrogen and oxygen atoms in total. The van der Waals surface area contributed by atoms with Crippen molar-refractivity contribution in [1.82, 2.24) is 4.98 Å². The third kappa shape index (κ3) is 3.20. The third-order valence-corrected chi connectivity index (χ3v) is 2.83. The van der Waals surface area contributed by atoms with E-state index in [1.807, 2.05) is 18.2 Å². The summed E-state index contributed by atoms with van der Waals surface area (Å²) in [6, 6.07) is 8.93. The summed E-state index contributed by atoms with van der Waals surface area (Å²) in [4.78, 5) is 16.0. The Morgan fingerprint density at radius 3 is 2.44 bits per heavy atom. The van der Waals surface area contributed by atoms with Crippen molar-refractivity contribution in [3.63, 3.8) is 0 Å². The minimum absolute atomic E-state index is 0.